The van der Waals surface area contributed by atoms with Crippen molar-refractivity contribution in [2.75, 3.05) is 19.5 Å². The summed E-state index contributed by atoms with van der Waals surface area (Å²) >= 11 is 1.25. The lowest BCUT2D eigenvalue weighted by Gasteiger charge is -2.09. The van der Waals surface area contributed by atoms with E-state index in [1.165, 1.54) is 32.5 Å². The molecule has 1 aromatic carbocycles. The van der Waals surface area contributed by atoms with Gasteiger partial charge in [0.05, 0.1) is 20.8 Å². The van der Waals surface area contributed by atoms with E-state index in [1.807, 2.05) is 0 Å². The third-order valence-corrected chi connectivity index (χ3v) is 5.22. The molecule has 3 rings (SSSR count). The summed E-state index contributed by atoms with van der Waals surface area (Å²) in [6.45, 7) is 1.72. The molecular weight excluding hydrogens is 434 g/mol. The second kappa shape index (κ2) is 10.6. The molecule has 32 heavy (non-hydrogen) atoms. The number of carbonyl (C=O) groups is 3. The zero-order valence-electron chi connectivity index (χ0n) is 17.9. The molecule has 0 fully saturated rings. The Labute approximate surface area is 188 Å². The van der Waals surface area contributed by atoms with Crippen LogP contribution in [0.2, 0.25) is 0 Å². The lowest BCUT2D eigenvalue weighted by atomic mass is 10.1. The number of nitrogens with one attached hydrogen (secondary N) is 2. The van der Waals surface area contributed by atoms with Crippen molar-refractivity contribution in [1.82, 2.24) is 10.3 Å². The molecule has 0 radical (unpaired) electrons. The SMILES string of the molecule is COc1ccc(C(=O)CCC(=O)Nc2nc(-c3ccc(CNC(C)=O)o3)cs2)cc1OC. The molecule has 9 nitrogen and oxygen atoms in total. The van der Waals surface area contributed by atoms with E-state index < -0.39 is 0 Å². The first-order chi connectivity index (χ1) is 15.4. The second-order valence-electron chi connectivity index (χ2n) is 6.75. The molecule has 0 saturated carbocycles. The van der Waals surface area contributed by atoms with Gasteiger partial charge in [0.2, 0.25) is 11.8 Å². The fourth-order valence-corrected chi connectivity index (χ4v) is 3.55. The summed E-state index contributed by atoms with van der Waals surface area (Å²) in [6, 6.07) is 8.38. The van der Waals surface area contributed by atoms with Crippen molar-refractivity contribution in [3.63, 3.8) is 0 Å². The molecule has 2 aromatic heterocycles. The maximum Gasteiger partial charge on any atom is 0.226 e. The lowest BCUT2D eigenvalue weighted by molar-refractivity contribution is -0.119. The Balaban J connectivity index is 1.53. The smallest absolute Gasteiger partial charge is 0.226 e. The number of methoxy groups -OCH3 is 2. The average molecular weight is 458 g/mol. The number of nitrogens with zero attached hydrogens (tertiary/aromatic N) is 1. The number of hydrogen-bond donors (Lipinski definition) is 2. The largest absolute Gasteiger partial charge is 0.493 e. The number of ketones is 1. The molecule has 10 heteroatoms. The van der Waals surface area contributed by atoms with Crippen LogP contribution in [0.15, 0.2) is 40.1 Å². The summed E-state index contributed by atoms with van der Waals surface area (Å²) in [4.78, 5) is 40.0. The van der Waals surface area contributed by atoms with Crippen LogP contribution in [0, 0.1) is 0 Å². The van der Waals surface area contributed by atoms with E-state index >= 15 is 0 Å². The molecule has 2 heterocycles. The van der Waals surface area contributed by atoms with Crippen LogP contribution >= 0.6 is 11.3 Å². The number of Topliss-reactive ketones (excluding diaryl/α,β-unsaturated/α-hetero) is 1. The summed E-state index contributed by atoms with van der Waals surface area (Å²) in [5.74, 6) is 1.48. The van der Waals surface area contributed by atoms with E-state index in [2.05, 4.69) is 15.6 Å². The highest BCUT2D eigenvalue weighted by atomic mass is 32.1. The number of ether oxygens (including phenoxy) is 2. The lowest BCUT2D eigenvalue weighted by Crippen LogP contribution is -2.18. The summed E-state index contributed by atoms with van der Waals surface area (Å²) in [5, 5.41) is 7.52. The number of furan rings is 1. The summed E-state index contributed by atoms with van der Waals surface area (Å²) in [7, 11) is 3.01. The van der Waals surface area contributed by atoms with Crippen LogP contribution < -0.4 is 20.1 Å². The van der Waals surface area contributed by atoms with Gasteiger partial charge in [0, 0.05) is 30.7 Å². The molecule has 0 aliphatic heterocycles. The molecule has 2 amide bonds. The molecule has 0 spiro atoms. The van der Waals surface area contributed by atoms with Gasteiger partial charge in [0.1, 0.15) is 11.5 Å². The van der Waals surface area contributed by atoms with Gasteiger partial charge in [-0.25, -0.2) is 4.98 Å². The van der Waals surface area contributed by atoms with Crippen molar-refractivity contribution in [2.45, 2.75) is 26.3 Å². The van der Waals surface area contributed by atoms with Gasteiger partial charge in [-0.05, 0) is 30.3 Å². The van der Waals surface area contributed by atoms with E-state index in [1.54, 1.807) is 35.7 Å². The van der Waals surface area contributed by atoms with Crippen LogP contribution in [0.4, 0.5) is 5.13 Å². The first kappa shape index (κ1) is 23.0. The Bertz CT molecular complexity index is 1120. The number of amides is 2. The first-order valence-corrected chi connectivity index (χ1v) is 10.6. The van der Waals surface area contributed by atoms with Gasteiger partial charge in [-0.2, -0.15) is 0 Å². The molecule has 2 N–H and O–H groups in total. The standard InChI is InChI=1S/C22H23N3O6S/c1-13(26)23-11-15-5-8-18(31-15)16-12-32-22(24-16)25-21(28)9-6-17(27)14-4-7-19(29-2)20(10-14)30-3/h4-5,7-8,10,12H,6,9,11H2,1-3H3,(H,23,26)(H,24,25,28). The Morgan fingerprint density at radius 2 is 1.84 bits per heavy atom. The van der Waals surface area contributed by atoms with Crippen LogP contribution in [-0.2, 0) is 16.1 Å². The molecule has 3 aromatic rings. The molecule has 0 atom stereocenters. The molecule has 168 valence electrons. The molecule has 0 unspecified atom stereocenters. The van der Waals surface area contributed by atoms with Crippen molar-refractivity contribution < 1.29 is 28.3 Å². The molecule has 0 aliphatic rings. The third kappa shape index (κ3) is 5.94. The zero-order chi connectivity index (χ0) is 23.1. The minimum atomic E-state index is -0.314. The van der Waals surface area contributed by atoms with Gasteiger partial charge >= 0.3 is 0 Å². The van der Waals surface area contributed by atoms with Gasteiger partial charge in [-0.3, -0.25) is 14.4 Å². The summed E-state index contributed by atoms with van der Waals surface area (Å²) < 4.78 is 16.0. The zero-order valence-corrected chi connectivity index (χ0v) is 18.7. The van der Waals surface area contributed by atoms with Crippen LogP contribution in [0.5, 0.6) is 11.5 Å². The summed E-state index contributed by atoms with van der Waals surface area (Å²) in [6.07, 6.45) is 0.0634. The minimum absolute atomic E-state index is 0.0176. The van der Waals surface area contributed by atoms with Crippen molar-refractivity contribution in [1.29, 1.82) is 0 Å². The van der Waals surface area contributed by atoms with Crippen molar-refractivity contribution in [2.24, 2.45) is 0 Å². The van der Waals surface area contributed by atoms with E-state index in [9.17, 15) is 14.4 Å². The third-order valence-electron chi connectivity index (χ3n) is 4.46. The second-order valence-corrected chi connectivity index (χ2v) is 7.61. The summed E-state index contributed by atoms with van der Waals surface area (Å²) in [5.41, 5.74) is 1.01. The van der Waals surface area contributed by atoms with Gasteiger partial charge in [0.15, 0.2) is 28.2 Å². The Morgan fingerprint density at radius 1 is 1.06 bits per heavy atom. The van der Waals surface area contributed by atoms with E-state index in [0.29, 0.717) is 39.4 Å². The highest BCUT2D eigenvalue weighted by Gasteiger charge is 2.15. The number of thiazole rings is 1. The fourth-order valence-electron chi connectivity index (χ4n) is 2.83. The van der Waals surface area contributed by atoms with Crippen molar-refractivity contribution in [3.05, 3.63) is 47.0 Å². The van der Waals surface area contributed by atoms with Crippen LogP contribution in [-0.4, -0.2) is 36.8 Å². The van der Waals surface area contributed by atoms with Crippen molar-refractivity contribution >= 4 is 34.1 Å². The van der Waals surface area contributed by atoms with Gasteiger partial charge in [0.25, 0.3) is 0 Å². The highest BCUT2D eigenvalue weighted by molar-refractivity contribution is 7.14. The number of anilines is 1. The number of hydrogen-bond acceptors (Lipinski definition) is 8. The first-order valence-electron chi connectivity index (χ1n) is 9.73. The van der Waals surface area contributed by atoms with Gasteiger partial charge in [-0.1, -0.05) is 0 Å². The fraction of sp³-hybridized carbons (Fsp3) is 0.273. The minimum Gasteiger partial charge on any atom is -0.493 e. The van der Waals surface area contributed by atoms with Crippen LogP contribution in [0.25, 0.3) is 11.5 Å². The quantitative estimate of drug-likeness (QED) is 0.446. The normalized spacial score (nSPS) is 10.5. The molecule has 0 bridgehead atoms. The predicted octanol–water partition coefficient (Wildman–Crippen LogP) is 3.66. The number of carbonyl (C=O) groups excluding carboxylic acids is 3. The predicted molar refractivity (Wildman–Crippen MR) is 119 cm³/mol. The van der Waals surface area contributed by atoms with Gasteiger partial charge in [-0.15, -0.1) is 11.3 Å². The van der Waals surface area contributed by atoms with Gasteiger partial charge < -0.3 is 24.5 Å². The number of benzene rings is 1. The maximum atomic E-state index is 12.4. The molecule has 0 aliphatic carbocycles. The number of rotatable bonds is 10. The molecular formula is C22H23N3O6S. The highest BCUT2D eigenvalue weighted by Crippen LogP contribution is 2.29. The van der Waals surface area contributed by atoms with Crippen molar-refractivity contribution in [3.8, 4) is 23.0 Å². The van der Waals surface area contributed by atoms with E-state index in [4.69, 9.17) is 13.9 Å². The maximum absolute atomic E-state index is 12.4. The van der Waals surface area contributed by atoms with Crippen LogP contribution in [0.1, 0.15) is 35.9 Å². The molecule has 0 saturated heterocycles. The Morgan fingerprint density at radius 3 is 2.56 bits per heavy atom. The topological polar surface area (TPSA) is 120 Å². The van der Waals surface area contributed by atoms with Crippen LogP contribution in [0.3, 0.4) is 0 Å². The Kier molecular flexibility index (Phi) is 7.61. The average Bonchev–Trinajstić information content (AvgIpc) is 3.45. The Hall–Kier alpha value is -3.66. The van der Waals surface area contributed by atoms with E-state index in [0.717, 1.165) is 0 Å². The van der Waals surface area contributed by atoms with E-state index in [-0.39, 0.29) is 37.0 Å². The monoisotopic (exact) mass is 457 g/mol. The number of aromatic nitrogens is 1.